The van der Waals surface area contributed by atoms with Crippen LogP contribution in [0.5, 0.6) is 0 Å². The standard InChI is InChI=1S/C16H27NO12/c1-5(19)17-7-11(8(20)6(4-18)27-15(7)26-3)28-16-10(22)9(21)12(25-2)13(29-16)14(23)24/h6-13,15-16,18,20-22H,4H2,1-3H3,(H,17,19)(H,23,24)/t6?,7?,8?,9-,10?,11-,12+,13?,15-,16-/m1/s1. The Labute approximate surface area is 166 Å². The van der Waals surface area contributed by atoms with Gasteiger partial charge in [0.05, 0.1) is 6.61 Å². The van der Waals surface area contributed by atoms with Gasteiger partial charge >= 0.3 is 5.97 Å². The lowest BCUT2D eigenvalue weighted by molar-refractivity contribution is -0.339. The molecule has 13 heteroatoms. The van der Waals surface area contributed by atoms with Gasteiger partial charge in [0.25, 0.3) is 0 Å². The van der Waals surface area contributed by atoms with Gasteiger partial charge in [-0.15, -0.1) is 0 Å². The van der Waals surface area contributed by atoms with Crippen molar-refractivity contribution in [3.8, 4) is 0 Å². The van der Waals surface area contributed by atoms with E-state index < -0.39 is 79.8 Å². The van der Waals surface area contributed by atoms with E-state index in [0.29, 0.717) is 0 Å². The minimum absolute atomic E-state index is 0.517. The zero-order chi connectivity index (χ0) is 21.9. The molecule has 5 unspecified atom stereocenters. The van der Waals surface area contributed by atoms with Crippen molar-refractivity contribution in [3.63, 3.8) is 0 Å². The maximum Gasteiger partial charge on any atom is 0.335 e. The normalized spacial score (nSPS) is 43.0. The van der Waals surface area contributed by atoms with Gasteiger partial charge < -0.3 is 54.5 Å². The summed E-state index contributed by atoms with van der Waals surface area (Å²) in [5, 5.41) is 52.3. The molecule has 2 saturated heterocycles. The lowest BCUT2D eigenvalue weighted by Crippen LogP contribution is -2.68. The molecule has 0 aromatic rings. The molecule has 0 bridgehead atoms. The molecule has 29 heavy (non-hydrogen) atoms. The Kier molecular flexibility index (Phi) is 8.28. The van der Waals surface area contributed by atoms with Crippen LogP contribution >= 0.6 is 0 Å². The topological polar surface area (TPSA) is 193 Å². The molecule has 0 radical (unpaired) electrons. The van der Waals surface area contributed by atoms with Gasteiger partial charge in [-0.2, -0.15) is 0 Å². The number of rotatable bonds is 7. The number of aliphatic hydroxyl groups excluding tert-OH is 4. The Bertz CT molecular complexity index is 576. The van der Waals surface area contributed by atoms with Crippen LogP contribution in [0, 0.1) is 0 Å². The Hall–Kier alpha value is -1.42. The molecule has 0 aromatic carbocycles. The highest BCUT2D eigenvalue weighted by Gasteiger charge is 2.53. The molecule has 2 aliphatic rings. The third-order valence-corrected chi connectivity index (χ3v) is 4.81. The van der Waals surface area contributed by atoms with Gasteiger partial charge in [0.1, 0.15) is 42.7 Å². The van der Waals surface area contributed by atoms with E-state index >= 15 is 0 Å². The number of amides is 1. The number of carbonyl (C=O) groups excluding carboxylic acids is 1. The molecule has 2 heterocycles. The first-order valence-electron chi connectivity index (χ1n) is 8.83. The van der Waals surface area contributed by atoms with Gasteiger partial charge in [-0.1, -0.05) is 0 Å². The summed E-state index contributed by atoms with van der Waals surface area (Å²) in [6, 6.07) is -1.10. The number of hydrogen-bond acceptors (Lipinski definition) is 11. The molecule has 2 fully saturated rings. The van der Waals surface area contributed by atoms with Gasteiger partial charge in [0.15, 0.2) is 18.7 Å². The number of ether oxygens (including phenoxy) is 5. The number of nitrogens with one attached hydrogen (secondary N) is 1. The summed E-state index contributed by atoms with van der Waals surface area (Å²) < 4.78 is 26.3. The largest absolute Gasteiger partial charge is 0.479 e. The number of methoxy groups -OCH3 is 2. The van der Waals surface area contributed by atoms with E-state index in [1.54, 1.807) is 0 Å². The third-order valence-electron chi connectivity index (χ3n) is 4.81. The van der Waals surface area contributed by atoms with Gasteiger partial charge in [-0.25, -0.2) is 4.79 Å². The molecule has 168 valence electrons. The SMILES string of the molecule is CO[C@@H]1OC(CO)C(O)[C@H](O[C@@H]2OC(C(=O)O)[C@@H](OC)[C@H](O)C2O)C1NC(C)=O. The molecule has 6 N–H and O–H groups in total. The minimum atomic E-state index is -1.74. The molecule has 10 atom stereocenters. The van der Waals surface area contributed by atoms with Crippen molar-refractivity contribution in [2.24, 2.45) is 0 Å². The molecule has 2 rings (SSSR count). The fourth-order valence-electron chi connectivity index (χ4n) is 3.39. The highest BCUT2D eigenvalue weighted by atomic mass is 16.7. The molecule has 2 aliphatic heterocycles. The summed E-state index contributed by atoms with van der Waals surface area (Å²) in [5.41, 5.74) is 0. The first kappa shape index (κ1) is 23.9. The molecular weight excluding hydrogens is 398 g/mol. The number of aliphatic carboxylic acids is 1. The van der Waals surface area contributed by atoms with E-state index in [9.17, 15) is 35.1 Å². The van der Waals surface area contributed by atoms with E-state index in [2.05, 4.69) is 5.32 Å². The fraction of sp³-hybridized carbons (Fsp3) is 0.875. The average molecular weight is 425 g/mol. The lowest BCUT2D eigenvalue weighted by Gasteiger charge is -2.47. The Morgan fingerprint density at radius 1 is 0.966 bits per heavy atom. The zero-order valence-electron chi connectivity index (χ0n) is 16.1. The van der Waals surface area contributed by atoms with Crippen molar-refractivity contribution in [2.45, 2.75) is 68.3 Å². The van der Waals surface area contributed by atoms with Crippen molar-refractivity contribution < 1.29 is 58.8 Å². The van der Waals surface area contributed by atoms with E-state index in [4.69, 9.17) is 23.7 Å². The Morgan fingerprint density at radius 3 is 2.10 bits per heavy atom. The van der Waals surface area contributed by atoms with Crippen LogP contribution in [0.2, 0.25) is 0 Å². The fourth-order valence-corrected chi connectivity index (χ4v) is 3.39. The molecule has 0 aliphatic carbocycles. The second-order valence-corrected chi connectivity index (χ2v) is 6.72. The second-order valence-electron chi connectivity index (χ2n) is 6.72. The summed E-state index contributed by atoms with van der Waals surface area (Å²) >= 11 is 0. The molecule has 13 nitrogen and oxygen atoms in total. The maximum absolute atomic E-state index is 11.6. The van der Waals surface area contributed by atoms with Crippen LogP contribution in [0.1, 0.15) is 6.92 Å². The molecule has 0 saturated carbocycles. The first-order chi connectivity index (χ1) is 13.7. The van der Waals surface area contributed by atoms with Crippen molar-refractivity contribution >= 4 is 11.9 Å². The molecule has 0 aromatic heterocycles. The average Bonchev–Trinajstić information content (AvgIpc) is 2.67. The minimum Gasteiger partial charge on any atom is -0.479 e. The molecule has 0 spiro atoms. The van der Waals surface area contributed by atoms with E-state index in [-0.39, 0.29) is 0 Å². The first-order valence-corrected chi connectivity index (χ1v) is 8.83. The quantitative estimate of drug-likeness (QED) is 0.233. The van der Waals surface area contributed by atoms with Gasteiger partial charge in [0, 0.05) is 21.1 Å². The van der Waals surface area contributed by atoms with Crippen LogP contribution in [-0.4, -0.2) is 120 Å². The summed E-state index contributed by atoms with van der Waals surface area (Å²) in [6.07, 6.45) is -13.3. The number of aliphatic hydroxyl groups is 4. The summed E-state index contributed by atoms with van der Waals surface area (Å²) in [7, 11) is 2.41. The van der Waals surface area contributed by atoms with Gasteiger partial charge in [0.2, 0.25) is 5.91 Å². The highest BCUT2D eigenvalue weighted by Crippen LogP contribution is 2.30. The summed E-state index contributed by atoms with van der Waals surface area (Å²) in [5.74, 6) is -1.98. The number of hydrogen-bond donors (Lipinski definition) is 6. The van der Waals surface area contributed by atoms with Crippen LogP contribution in [0.3, 0.4) is 0 Å². The van der Waals surface area contributed by atoms with E-state index in [1.165, 1.54) is 14.0 Å². The van der Waals surface area contributed by atoms with Gasteiger partial charge in [-0.05, 0) is 0 Å². The summed E-state index contributed by atoms with van der Waals surface area (Å²) in [4.78, 5) is 23.0. The predicted octanol–water partition coefficient (Wildman–Crippen LogP) is -3.85. The summed E-state index contributed by atoms with van der Waals surface area (Å²) in [6.45, 7) is 0.585. The van der Waals surface area contributed by atoms with E-state index in [1.807, 2.05) is 0 Å². The number of carbonyl (C=O) groups is 2. The predicted molar refractivity (Wildman–Crippen MR) is 90.3 cm³/mol. The van der Waals surface area contributed by atoms with E-state index in [0.717, 1.165) is 7.11 Å². The maximum atomic E-state index is 11.6. The van der Waals surface area contributed by atoms with Crippen molar-refractivity contribution in [2.75, 3.05) is 20.8 Å². The monoisotopic (exact) mass is 425 g/mol. The van der Waals surface area contributed by atoms with Crippen molar-refractivity contribution in [1.29, 1.82) is 0 Å². The third kappa shape index (κ3) is 5.02. The smallest absolute Gasteiger partial charge is 0.335 e. The Balaban J connectivity index is 2.30. The molecular formula is C16H27NO12. The van der Waals surface area contributed by atoms with Crippen LogP contribution in [0.25, 0.3) is 0 Å². The highest BCUT2D eigenvalue weighted by molar-refractivity contribution is 5.73. The van der Waals surface area contributed by atoms with Crippen molar-refractivity contribution in [3.05, 3.63) is 0 Å². The lowest BCUT2D eigenvalue weighted by atomic mass is 9.95. The van der Waals surface area contributed by atoms with Crippen LogP contribution in [0.15, 0.2) is 0 Å². The zero-order valence-corrected chi connectivity index (χ0v) is 16.1. The van der Waals surface area contributed by atoms with Crippen LogP contribution < -0.4 is 5.32 Å². The molecule has 1 amide bonds. The van der Waals surface area contributed by atoms with Crippen LogP contribution in [-0.2, 0) is 33.3 Å². The van der Waals surface area contributed by atoms with Gasteiger partial charge in [-0.3, -0.25) is 4.79 Å². The number of carboxylic acids is 1. The van der Waals surface area contributed by atoms with Crippen LogP contribution in [0.4, 0.5) is 0 Å². The Morgan fingerprint density at radius 2 is 1.62 bits per heavy atom. The van der Waals surface area contributed by atoms with Crippen molar-refractivity contribution in [1.82, 2.24) is 5.32 Å². The second kappa shape index (κ2) is 10.1. The number of carboxylic acid groups (broad SMARTS) is 1.